The Hall–Kier alpha value is -1.39. The summed E-state index contributed by atoms with van der Waals surface area (Å²) in [5.41, 5.74) is 8.65. The molecule has 0 unspecified atom stereocenters. The molecule has 0 aromatic heterocycles. The average Bonchev–Trinajstić information content (AvgIpc) is 2.46. The maximum atomic E-state index is 12.6. The number of piperazine rings is 1. The second-order valence-corrected chi connectivity index (χ2v) is 6.01. The quantitative estimate of drug-likeness (QED) is 0.841. The summed E-state index contributed by atoms with van der Waals surface area (Å²) in [4.78, 5) is 17.0. The molecule has 116 valence electrons. The molecule has 0 bridgehead atoms. The molecule has 0 spiro atoms. The standard InChI is InChI=1S/C17H27N3O/c1-14-11-15(2)13-16(12-14)17(21)20-9-7-19(8-10-20)6-4-3-5-18/h11-13H,3-10,18H2,1-2H3. The molecule has 0 aliphatic carbocycles. The van der Waals surface area contributed by atoms with E-state index in [2.05, 4.69) is 11.0 Å². The average molecular weight is 289 g/mol. The van der Waals surface area contributed by atoms with Gasteiger partial charge >= 0.3 is 0 Å². The number of nitrogens with two attached hydrogens (primary N) is 1. The number of carbonyl (C=O) groups is 1. The zero-order chi connectivity index (χ0) is 15.2. The summed E-state index contributed by atoms with van der Waals surface area (Å²) in [6.45, 7) is 9.55. The molecule has 21 heavy (non-hydrogen) atoms. The lowest BCUT2D eigenvalue weighted by atomic mass is 10.1. The van der Waals surface area contributed by atoms with E-state index in [4.69, 9.17) is 5.73 Å². The van der Waals surface area contributed by atoms with Crippen molar-refractivity contribution in [3.63, 3.8) is 0 Å². The summed E-state index contributed by atoms with van der Waals surface area (Å²) in [5.74, 6) is 0.170. The number of aryl methyl sites for hydroxylation is 2. The van der Waals surface area contributed by atoms with Gasteiger partial charge in [0.2, 0.25) is 0 Å². The molecule has 2 N–H and O–H groups in total. The maximum Gasteiger partial charge on any atom is 0.253 e. The number of amides is 1. The van der Waals surface area contributed by atoms with Gasteiger partial charge < -0.3 is 10.6 Å². The lowest BCUT2D eigenvalue weighted by molar-refractivity contribution is 0.0635. The second kappa shape index (κ2) is 7.57. The predicted molar refractivity (Wildman–Crippen MR) is 86.5 cm³/mol. The van der Waals surface area contributed by atoms with Crippen LogP contribution in [-0.2, 0) is 0 Å². The summed E-state index contributed by atoms with van der Waals surface area (Å²) in [6.07, 6.45) is 2.24. The van der Waals surface area contributed by atoms with E-state index in [1.165, 1.54) is 0 Å². The first-order valence-corrected chi connectivity index (χ1v) is 7.90. The minimum Gasteiger partial charge on any atom is -0.336 e. The number of nitrogens with zero attached hydrogens (tertiary/aromatic N) is 2. The summed E-state index contributed by atoms with van der Waals surface area (Å²) < 4.78 is 0. The Balaban J connectivity index is 1.88. The van der Waals surface area contributed by atoms with Crippen molar-refractivity contribution in [1.29, 1.82) is 0 Å². The lowest BCUT2D eigenvalue weighted by Gasteiger charge is -2.34. The molecule has 4 nitrogen and oxygen atoms in total. The van der Waals surface area contributed by atoms with Gasteiger partial charge in [0.25, 0.3) is 5.91 Å². The highest BCUT2D eigenvalue weighted by Gasteiger charge is 2.21. The Morgan fingerprint density at radius 3 is 2.24 bits per heavy atom. The molecule has 0 saturated carbocycles. The third kappa shape index (κ3) is 4.55. The van der Waals surface area contributed by atoms with E-state index >= 15 is 0 Å². The van der Waals surface area contributed by atoms with E-state index in [1.807, 2.05) is 30.9 Å². The van der Waals surface area contributed by atoms with Crippen LogP contribution in [0.1, 0.15) is 34.3 Å². The van der Waals surface area contributed by atoms with Crippen molar-refractivity contribution in [3.8, 4) is 0 Å². The first-order chi connectivity index (χ1) is 10.1. The fraction of sp³-hybridized carbons (Fsp3) is 0.588. The van der Waals surface area contributed by atoms with E-state index in [-0.39, 0.29) is 5.91 Å². The van der Waals surface area contributed by atoms with Crippen LogP contribution in [0.3, 0.4) is 0 Å². The molecule has 1 aliphatic heterocycles. The highest BCUT2D eigenvalue weighted by Crippen LogP contribution is 2.13. The van der Waals surface area contributed by atoms with Gasteiger partial charge in [0.1, 0.15) is 0 Å². The molecule has 1 aliphatic rings. The molecule has 1 amide bonds. The Bertz CT molecular complexity index is 459. The number of carbonyl (C=O) groups excluding carboxylic acids is 1. The molecule has 1 saturated heterocycles. The van der Waals surface area contributed by atoms with Crippen LogP contribution in [0.2, 0.25) is 0 Å². The fourth-order valence-corrected chi connectivity index (χ4v) is 2.94. The molecule has 4 heteroatoms. The minimum absolute atomic E-state index is 0.170. The van der Waals surface area contributed by atoms with Crippen molar-refractivity contribution < 1.29 is 4.79 Å². The monoisotopic (exact) mass is 289 g/mol. The van der Waals surface area contributed by atoms with Crippen LogP contribution < -0.4 is 5.73 Å². The third-order valence-corrected chi connectivity index (χ3v) is 4.06. The third-order valence-electron chi connectivity index (χ3n) is 4.06. The van der Waals surface area contributed by atoms with Gasteiger partial charge in [-0.25, -0.2) is 0 Å². The molecule has 0 radical (unpaired) electrons. The summed E-state index contributed by atoms with van der Waals surface area (Å²) in [6, 6.07) is 6.08. The SMILES string of the molecule is Cc1cc(C)cc(C(=O)N2CCN(CCCCN)CC2)c1. The molecule has 1 aromatic rings. The van der Waals surface area contributed by atoms with Gasteiger partial charge in [0, 0.05) is 31.7 Å². The van der Waals surface area contributed by atoms with E-state index in [1.54, 1.807) is 0 Å². The van der Waals surface area contributed by atoms with Crippen LogP contribution in [0.5, 0.6) is 0 Å². The first-order valence-electron chi connectivity index (χ1n) is 7.90. The number of hydrogen-bond donors (Lipinski definition) is 1. The van der Waals surface area contributed by atoms with Gasteiger partial charge in [-0.15, -0.1) is 0 Å². The Morgan fingerprint density at radius 1 is 1.05 bits per heavy atom. The molecule has 1 aromatic carbocycles. The van der Waals surface area contributed by atoms with Gasteiger partial charge in [-0.05, 0) is 51.9 Å². The molecule has 0 atom stereocenters. The van der Waals surface area contributed by atoms with Crippen molar-refractivity contribution in [2.75, 3.05) is 39.3 Å². The molecular weight excluding hydrogens is 262 g/mol. The fourth-order valence-electron chi connectivity index (χ4n) is 2.94. The smallest absolute Gasteiger partial charge is 0.253 e. The topological polar surface area (TPSA) is 49.6 Å². The second-order valence-electron chi connectivity index (χ2n) is 6.01. The van der Waals surface area contributed by atoms with E-state index in [9.17, 15) is 4.79 Å². The van der Waals surface area contributed by atoms with E-state index < -0.39 is 0 Å². The lowest BCUT2D eigenvalue weighted by Crippen LogP contribution is -2.48. The normalized spacial score (nSPS) is 16.2. The van der Waals surface area contributed by atoms with Crippen molar-refractivity contribution in [2.24, 2.45) is 5.73 Å². The van der Waals surface area contributed by atoms with Crippen LogP contribution in [0.4, 0.5) is 0 Å². The molecule has 1 heterocycles. The van der Waals surface area contributed by atoms with Gasteiger partial charge in [0.15, 0.2) is 0 Å². The number of unbranched alkanes of at least 4 members (excludes halogenated alkanes) is 1. The Morgan fingerprint density at radius 2 is 1.67 bits per heavy atom. The van der Waals surface area contributed by atoms with Gasteiger partial charge in [-0.2, -0.15) is 0 Å². The summed E-state index contributed by atoms with van der Waals surface area (Å²) >= 11 is 0. The van der Waals surface area contributed by atoms with Crippen molar-refractivity contribution in [1.82, 2.24) is 9.80 Å². The van der Waals surface area contributed by atoms with Crippen LogP contribution >= 0.6 is 0 Å². The molecule has 2 rings (SSSR count). The van der Waals surface area contributed by atoms with Crippen molar-refractivity contribution in [3.05, 3.63) is 34.9 Å². The Kier molecular flexibility index (Phi) is 5.76. The van der Waals surface area contributed by atoms with Crippen molar-refractivity contribution in [2.45, 2.75) is 26.7 Å². The maximum absolute atomic E-state index is 12.6. The van der Waals surface area contributed by atoms with Crippen LogP contribution in [-0.4, -0.2) is 55.0 Å². The Labute approximate surface area is 127 Å². The van der Waals surface area contributed by atoms with Crippen molar-refractivity contribution >= 4 is 5.91 Å². The molecule has 1 fully saturated rings. The van der Waals surface area contributed by atoms with Crippen LogP contribution in [0, 0.1) is 13.8 Å². The number of hydrogen-bond acceptors (Lipinski definition) is 3. The predicted octanol–water partition coefficient (Wildman–Crippen LogP) is 1.80. The molecular formula is C17H27N3O. The van der Waals surface area contributed by atoms with Crippen LogP contribution in [0.15, 0.2) is 18.2 Å². The van der Waals surface area contributed by atoms with E-state index in [0.717, 1.165) is 68.8 Å². The van der Waals surface area contributed by atoms with Gasteiger partial charge in [-0.1, -0.05) is 17.2 Å². The first kappa shape index (κ1) is 16.0. The zero-order valence-electron chi connectivity index (χ0n) is 13.3. The van der Waals surface area contributed by atoms with Crippen LogP contribution in [0.25, 0.3) is 0 Å². The number of rotatable bonds is 5. The van der Waals surface area contributed by atoms with Gasteiger partial charge in [-0.3, -0.25) is 9.69 Å². The van der Waals surface area contributed by atoms with Gasteiger partial charge in [0.05, 0.1) is 0 Å². The van der Waals surface area contributed by atoms with E-state index in [0.29, 0.717) is 0 Å². The summed E-state index contributed by atoms with van der Waals surface area (Å²) in [7, 11) is 0. The number of benzene rings is 1. The largest absolute Gasteiger partial charge is 0.336 e. The zero-order valence-corrected chi connectivity index (χ0v) is 13.3. The highest BCUT2D eigenvalue weighted by atomic mass is 16.2. The summed E-state index contributed by atoms with van der Waals surface area (Å²) in [5, 5.41) is 0. The minimum atomic E-state index is 0.170. The highest BCUT2D eigenvalue weighted by molar-refractivity contribution is 5.94.